The van der Waals surface area contributed by atoms with E-state index in [4.69, 9.17) is 16.3 Å². The van der Waals surface area contributed by atoms with E-state index in [2.05, 4.69) is 11.4 Å². The van der Waals surface area contributed by atoms with Crippen molar-refractivity contribution in [2.24, 2.45) is 5.41 Å². The quantitative estimate of drug-likeness (QED) is 0.610. The van der Waals surface area contributed by atoms with Crippen LogP contribution >= 0.6 is 11.6 Å². The number of benzene rings is 2. The van der Waals surface area contributed by atoms with E-state index in [-0.39, 0.29) is 17.4 Å². The van der Waals surface area contributed by atoms with Gasteiger partial charge in [-0.15, -0.1) is 0 Å². The van der Waals surface area contributed by atoms with Crippen LogP contribution in [0.1, 0.15) is 44.2 Å². The molecule has 0 atom stereocenters. The van der Waals surface area contributed by atoms with Gasteiger partial charge < -0.3 is 19.9 Å². The van der Waals surface area contributed by atoms with Gasteiger partial charge in [-0.05, 0) is 76.1 Å². The van der Waals surface area contributed by atoms with Crippen molar-refractivity contribution in [3.8, 4) is 5.75 Å². The predicted octanol–water partition coefficient (Wildman–Crippen LogP) is 5.66. The largest absolute Gasteiger partial charge is 0.476 e. The van der Waals surface area contributed by atoms with Crippen LogP contribution in [0.2, 0.25) is 5.02 Å². The summed E-state index contributed by atoms with van der Waals surface area (Å²) < 4.78 is 6.02. The number of likely N-dealkylation sites (tertiary alicyclic amines) is 2. The summed E-state index contributed by atoms with van der Waals surface area (Å²) in [4.78, 5) is 30.0. The molecule has 7 heteroatoms. The topological polar surface area (TPSA) is 61.9 Å². The number of hydrogen-bond acceptors (Lipinski definition) is 3. The Hall–Kier alpha value is -2.73. The molecule has 2 aliphatic rings. The lowest BCUT2D eigenvalue weighted by molar-refractivity contribution is -0.144. The molecule has 3 amide bonds. The number of carbonyl (C=O) groups excluding carboxylic acids is 2. The first kappa shape index (κ1) is 24.4. The summed E-state index contributed by atoms with van der Waals surface area (Å²) in [7, 11) is 0. The van der Waals surface area contributed by atoms with Gasteiger partial charge in [0.05, 0.1) is 5.02 Å². The van der Waals surface area contributed by atoms with Gasteiger partial charge in [-0.25, -0.2) is 4.79 Å². The molecule has 0 radical (unpaired) electrons. The molecule has 2 heterocycles. The first-order valence-electron chi connectivity index (χ1n) is 11.9. The minimum absolute atomic E-state index is 0.0284. The Balaban J connectivity index is 1.33. The zero-order valence-electron chi connectivity index (χ0n) is 20.5. The Morgan fingerprint density at radius 3 is 2.29 bits per heavy atom. The number of carbonyl (C=O) groups is 2. The van der Waals surface area contributed by atoms with Crippen molar-refractivity contribution < 1.29 is 14.3 Å². The monoisotopic (exact) mass is 483 g/mol. The van der Waals surface area contributed by atoms with E-state index < -0.39 is 5.60 Å². The van der Waals surface area contributed by atoms with Crippen LogP contribution in [-0.4, -0.2) is 53.5 Å². The minimum atomic E-state index is -1.01. The fourth-order valence-electron chi connectivity index (χ4n) is 5.08. The number of ether oxygens (including phenoxy) is 1. The second-order valence-electron chi connectivity index (χ2n) is 10.3. The number of halogens is 1. The van der Waals surface area contributed by atoms with Gasteiger partial charge in [0.2, 0.25) is 0 Å². The van der Waals surface area contributed by atoms with Gasteiger partial charge >= 0.3 is 6.03 Å². The van der Waals surface area contributed by atoms with Crippen molar-refractivity contribution in [2.45, 2.75) is 52.6 Å². The summed E-state index contributed by atoms with van der Waals surface area (Å²) in [6.07, 6.45) is 2.74. The number of piperidine rings is 1. The molecule has 182 valence electrons. The summed E-state index contributed by atoms with van der Waals surface area (Å²) in [6, 6.07) is 13.2. The summed E-state index contributed by atoms with van der Waals surface area (Å²) in [6.45, 7) is 10.4. The molecular weight excluding hydrogens is 450 g/mol. The van der Waals surface area contributed by atoms with Crippen molar-refractivity contribution in [2.75, 3.05) is 31.5 Å². The van der Waals surface area contributed by atoms with E-state index in [0.29, 0.717) is 37.0 Å². The molecule has 0 aliphatic carbocycles. The molecule has 0 unspecified atom stereocenters. The molecule has 1 spiro atoms. The molecule has 2 saturated heterocycles. The molecular formula is C27H34ClN3O3. The van der Waals surface area contributed by atoms with E-state index in [1.54, 1.807) is 26.0 Å². The zero-order valence-corrected chi connectivity index (χ0v) is 21.2. The van der Waals surface area contributed by atoms with E-state index in [1.807, 2.05) is 47.9 Å². The molecule has 0 saturated carbocycles. The van der Waals surface area contributed by atoms with Crippen LogP contribution in [0.3, 0.4) is 0 Å². The Kier molecular flexibility index (Phi) is 6.81. The number of nitrogens with one attached hydrogen (secondary N) is 1. The van der Waals surface area contributed by atoms with Crippen LogP contribution < -0.4 is 10.1 Å². The number of urea groups is 1. The fraction of sp³-hybridized carbons (Fsp3) is 0.481. The van der Waals surface area contributed by atoms with Crippen LogP contribution in [0.15, 0.2) is 42.5 Å². The summed E-state index contributed by atoms with van der Waals surface area (Å²) in [5, 5.41) is 3.55. The van der Waals surface area contributed by atoms with Crippen molar-refractivity contribution in [3.63, 3.8) is 0 Å². The summed E-state index contributed by atoms with van der Waals surface area (Å²) >= 11 is 6.23. The number of amides is 3. The molecule has 2 aromatic carbocycles. The number of para-hydroxylation sites is 1. The number of rotatable bonds is 4. The molecule has 0 aromatic heterocycles. The number of hydrogen-bond donors (Lipinski definition) is 1. The predicted molar refractivity (Wildman–Crippen MR) is 136 cm³/mol. The van der Waals surface area contributed by atoms with E-state index in [0.717, 1.165) is 30.5 Å². The Labute approximate surface area is 207 Å². The molecule has 0 bridgehead atoms. The molecule has 4 rings (SSSR count). The number of nitrogens with zero attached hydrogens (tertiary/aromatic N) is 2. The van der Waals surface area contributed by atoms with Gasteiger partial charge in [0, 0.05) is 31.9 Å². The lowest BCUT2D eigenvalue weighted by atomic mass is 9.78. The third-order valence-electron chi connectivity index (χ3n) is 7.18. The van der Waals surface area contributed by atoms with Gasteiger partial charge in [0.25, 0.3) is 5.91 Å². The molecule has 2 aromatic rings. The lowest BCUT2D eigenvalue weighted by Gasteiger charge is -2.39. The minimum Gasteiger partial charge on any atom is -0.476 e. The van der Waals surface area contributed by atoms with Crippen LogP contribution in [0.4, 0.5) is 10.5 Å². The third kappa shape index (κ3) is 5.17. The maximum atomic E-state index is 13.3. The van der Waals surface area contributed by atoms with Crippen LogP contribution in [-0.2, 0) is 4.79 Å². The Morgan fingerprint density at radius 1 is 1.00 bits per heavy atom. The Bertz CT molecular complexity index is 1080. The average molecular weight is 484 g/mol. The number of aryl methyl sites for hydroxylation is 2. The number of anilines is 1. The van der Waals surface area contributed by atoms with E-state index >= 15 is 0 Å². The van der Waals surface area contributed by atoms with Crippen molar-refractivity contribution in [3.05, 3.63) is 58.6 Å². The van der Waals surface area contributed by atoms with Crippen LogP contribution in [0.25, 0.3) is 0 Å². The van der Waals surface area contributed by atoms with Crippen molar-refractivity contribution in [1.82, 2.24) is 9.80 Å². The molecule has 34 heavy (non-hydrogen) atoms. The zero-order chi connectivity index (χ0) is 24.5. The molecule has 6 nitrogen and oxygen atoms in total. The lowest BCUT2D eigenvalue weighted by Crippen LogP contribution is -2.50. The van der Waals surface area contributed by atoms with Gasteiger partial charge in [-0.1, -0.05) is 41.4 Å². The Morgan fingerprint density at radius 2 is 1.65 bits per heavy atom. The highest BCUT2D eigenvalue weighted by atomic mass is 35.5. The first-order chi connectivity index (χ1) is 16.1. The molecule has 2 aliphatic heterocycles. The molecule has 2 fully saturated rings. The summed E-state index contributed by atoms with van der Waals surface area (Å²) in [5.41, 5.74) is 2.15. The maximum Gasteiger partial charge on any atom is 0.321 e. The second kappa shape index (κ2) is 9.49. The van der Waals surface area contributed by atoms with Crippen molar-refractivity contribution in [1.29, 1.82) is 0 Å². The van der Waals surface area contributed by atoms with Crippen molar-refractivity contribution >= 4 is 29.2 Å². The second-order valence-corrected chi connectivity index (χ2v) is 10.7. The van der Waals surface area contributed by atoms with Gasteiger partial charge in [0.1, 0.15) is 5.75 Å². The van der Waals surface area contributed by atoms with Crippen LogP contribution in [0.5, 0.6) is 5.75 Å². The average Bonchev–Trinajstić information content (AvgIpc) is 3.20. The van der Waals surface area contributed by atoms with Gasteiger partial charge in [-0.3, -0.25) is 4.79 Å². The fourth-order valence-corrected chi connectivity index (χ4v) is 5.25. The molecule has 1 N–H and O–H groups in total. The highest BCUT2D eigenvalue weighted by Gasteiger charge is 2.46. The maximum absolute atomic E-state index is 13.3. The van der Waals surface area contributed by atoms with Gasteiger partial charge in [0.15, 0.2) is 5.60 Å². The van der Waals surface area contributed by atoms with Gasteiger partial charge in [-0.2, -0.15) is 0 Å². The first-order valence-corrected chi connectivity index (χ1v) is 12.3. The highest BCUT2D eigenvalue weighted by Crippen LogP contribution is 2.41. The van der Waals surface area contributed by atoms with Crippen LogP contribution in [0, 0.1) is 19.3 Å². The SMILES string of the molecule is Cc1ccc(NC(=O)N2CCC3(CC2)CCN(C(=O)C(C)(C)Oc2ccccc2Cl)C3)c(C)c1. The van der Waals surface area contributed by atoms with E-state index in [9.17, 15) is 9.59 Å². The highest BCUT2D eigenvalue weighted by molar-refractivity contribution is 6.32. The summed E-state index contributed by atoms with van der Waals surface area (Å²) in [5.74, 6) is 0.485. The smallest absolute Gasteiger partial charge is 0.321 e. The third-order valence-corrected chi connectivity index (χ3v) is 7.49. The standard InChI is InChI=1S/C27H34ClN3O3/c1-19-9-10-22(20(2)17-19)29-25(33)30-14-11-27(12-15-30)13-16-31(18-27)24(32)26(3,4)34-23-8-6-5-7-21(23)28/h5-10,17H,11-16,18H2,1-4H3,(H,29,33). The normalized spacial score (nSPS) is 17.7. The van der Waals surface area contributed by atoms with E-state index in [1.165, 1.54) is 5.56 Å².